The van der Waals surface area contributed by atoms with Crippen LogP contribution in [0.2, 0.25) is 0 Å². The molecular weight excluding hydrogens is 568 g/mol. The van der Waals surface area contributed by atoms with Gasteiger partial charge in [-0.3, -0.25) is 0 Å². The van der Waals surface area contributed by atoms with Crippen LogP contribution in [0.3, 0.4) is 0 Å². The zero-order chi connectivity index (χ0) is 31.6. The van der Waals surface area contributed by atoms with Crippen LogP contribution < -0.4 is 14.2 Å². The number of rotatable bonds is 5. The number of fused-ring (bicyclic) bond motifs is 8. The van der Waals surface area contributed by atoms with Crippen LogP contribution in [-0.2, 0) is 11.2 Å². The van der Waals surface area contributed by atoms with Crippen LogP contribution in [-0.4, -0.2) is 19.3 Å². The smallest absolute Gasteiger partial charge is 0.178 e. The van der Waals surface area contributed by atoms with E-state index in [2.05, 4.69) is 86.7 Å². The summed E-state index contributed by atoms with van der Waals surface area (Å²) in [6.45, 7) is 4.18. The second-order valence-corrected chi connectivity index (χ2v) is 12.3. The number of aliphatic hydroxyl groups is 1. The molecule has 46 heavy (non-hydrogen) atoms. The summed E-state index contributed by atoms with van der Waals surface area (Å²) in [7, 11) is 3.34. The second-order valence-electron chi connectivity index (χ2n) is 12.3. The summed E-state index contributed by atoms with van der Waals surface area (Å²) in [5, 5.41) is 15.2. The van der Waals surface area contributed by atoms with Crippen molar-refractivity contribution in [3.63, 3.8) is 0 Å². The fourth-order valence-corrected chi connectivity index (χ4v) is 7.36. The molecule has 226 valence electrons. The van der Waals surface area contributed by atoms with E-state index in [0.717, 1.165) is 83.7 Å². The highest BCUT2D eigenvalue weighted by Gasteiger charge is 2.48. The Labute approximate surface area is 269 Å². The van der Waals surface area contributed by atoms with Gasteiger partial charge in [0.15, 0.2) is 5.60 Å². The third kappa shape index (κ3) is 3.97. The van der Waals surface area contributed by atoms with Crippen molar-refractivity contribution in [3.8, 4) is 28.4 Å². The fourth-order valence-electron chi connectivity index (χ4n) is 7.36. The Hall–Kier alpha value is -5.32. The number of aryl methyl sites for hydroxylation is 2. The van der Waals surface area contributed by atoms with Crippen molar-refractivity contribution in [2.75, 3.05) is 14.2 Å². The van der Waals surface area contributed by atoms with Gasteiger partial charge >= 0.3 is 0 Å². The second kappa shape index (κ2) is 10.4. The Balaban J connectivity index is 1.47. The molecule has 4 nitrogen and oxygen atoms in total. The van der Waals surface area contributed by atoms with Gasteiger partial charge in [-0.1, -0.05) is 102 Å². The zero-order valence-corrected chi connectivity index (χ0v) is 26.3. The monoisotopic (exact) mass is 602 g/mol. The average molecular weight is 603 g/mol. The van der Waals surface area contributed by atoms with E-state index in [1.165, 1.54) is 0 Å². The van der Waals surface area contributed by atoms with Gasteiger partial charge in [-0.15, -0.1) is 0 Å². The van der Waals surface area contributed by atoms with E-state index >= 15 is 0 Å². The summed E-state index contributed by atoms with van der Waals surface area (Å²) < 4.78 is 18.4. The van der Waals surface area contributed by atoms with Crippen molar-refractivity contribution < 1.29 is 19.3 Å². The van der Waals surface area contributed by atoms with Gasteiger partial charge < -0.3 is 19.3 Å². The molecule has 0 saturated heterocycles. The average Bonchev–Trinajstić information content (AvgIpc) is 3.37. The van der Waals surface area contributed by atoms with Crippen molar-refractivity contribution >= 4 is 16.8 Å². The van der Waals surface area contributed by atoms with Gasteiger partial charge in [0, 0.05) is 33.2 Å². The lowest BCUT2D eigenvalue weighted by molar-refractivity contribution is 0.127. The van der Waals surface area contributed by atoms with E-state index in [9.17, 15) is 5.11 Å². The first-order valence-electron chi connectivity index (χ1n) is 15.5. The van der Waals surface area contributed by atoms with Crippen molar-refractivity contribution in [3.05, 3.63) is 166 Å². The highest BCUT2D eigenvalue weighted by molar-refractivity contribution is 6.09. The predicted octanol–water partition coefficient (Wildman–Crippen LogP) is 9.09. The molecule has 0 bridgehead atoms. The molecule has 1 heterocycles. The molecule has 8 rings (SSSR count). The van der Waals surface area contributed by atoms with Gasteiger partial charge in [0.1, 0.15) is 22.8 Å². The molecule has 0 amide bonds. The molecule has 0 radical (unpaired) electrons. The molecule has 1 N–H and O–H groups in total. The molecule has 4 heteroatoms. The molecule has 2 aliphatic rings. The van der Waals surface area contributed by atoms with E-state index in [1.54, 1.807) is 14.2 Å². The van der Waals surface area contributed by atoms with Crippen molar-refractivity contribution in [2.45, 2.75) is 25.0 Å². The number of hydrogen-bond acceptors (Lipinski definition) is 4. The Morgan fingerprint density at radius 3 is 1.87 bits per heavy atom. The van der Waals surface area contributed by atoms with Gasteiger partial charge in [0.25, 0.3) is 0 Å². The van der Waals surface area contributed by atoms with E-state index < -0.39 is 11.2 Å². The highest BCUT2D eigenvalue weighted by atomic mass is 16.5. The quantitative estimate of drug-likeness (QED) is 0.214. The SMILES string of the molecule is COc1ccc(C2(c3ccc(OC)cc3)C=Cc3c4c(c5ccc(C)cc5c3O2)-c2ccc(C)cc2C4(O)c2ccccc2)cc1. The summed E-state index contributed by atoms with van der Waals surface area (Å²) >= 11 is 0. The molecule has 1 aliphatic heterocycles. The lowest BCUT2D eigenvalue weighted by Crippen LogP contribution is -2.35. The van der Waals surface area contributed by atoms with E-state index in [1.807, 2.05) is 54.6 Å². The lowest BCUT2D eigenvalue weighted by atomic mass is 9.78. The molecule has 6 aromatic carbocycles. The molecule has 0 saturated carbocycles. The van der Waals surface area contributed by atoms with Crippen LogP contribution in [0.1, 0.15) is 44.5 Å². The van der Waals surface area contributed by atoms with Crippen LogP contribution >= 0.6 is 0 Å². The zero-order valence-electron chi connectivity index (χ0n) is 26.3. The van der Waals surface area contributed by atoms with Gasteiger partial charge in [-0.25, -0.2) is 0 Å². The minimum atomic E-state index is -1.38. The predicted molar refractivity (Wildman–Crippen MR) is 184 cm³/mol. The third-order valence-corrected chi connectivity index (χ3v) is 9.63. The molecular formula is C42H34O4. The molecule has 1 unspecified atom stereocenters. The minimum absolute atomic E-state index is 0.741. The number of methoxy groups -OCH3 is 2. The topological polar surface area (TPSA) is 47.9 Å². The third-order valence-electron chi connectivity index (χ3n) is 9.63. The Morgan fingerprint density at radius 1 is 0.630 bits per heavy atom. The Kier molecular flexibility index (Phi) is 6.35. The summed E-state index contributed by atoms with van der Waals surface area (Å²) in [6, 6.07) is 39.0. The van der Waals surface area contributed by atoms with Crippen molar-refractivity contribution in [1.82, 2.24) is 0 Å². The summed E-state index contributed by atoms with van der Waals surface area (Å²) in [4.78, 5) is 0. The van der Waals surface area contributed by atoms with Gasteiger partial charge in [-0.2, -0.15) is 0 Å². The summed E-state index contributed by atoms with van der Waals surface area (Å²) in [5.74, 6) is 2.29. The van der Waals surface area contributed by atoms with Gasteiger partial charge in [-0.05, 0) is 72.3 Å². The van der Waals surface area contributed by atoms with Crippen LogP contribution in [0.5, 0.6) is 17.2 Å². The van der Waals surface area contributed by atoms with E-state index in [4.69, 9.17) is 14.2 Å². The van der Waals surface area contributed by atoms with Crippen LogP contribution in [0.25, 0.3) is 28.0 Å². The van der Waals surface area contributed by atoms with Crippen LogP contribution in [0.4, 0.5) is 0 Å². The standard InChI is InChI=1S/C42H34O4/c1-26-10-20-33-36(24-26)40-35(39-38(33)34-21-11-27(2)25-37(34)42(39,43)30-8-6-5-7-9-30)22-23-41(46-40,28-12-16-31(44-3)17-13-28)29-14-18-32(45-4)19-15-29/h5-25,43H,1-4H3. The van der Waals surface area contributed by atoms with Crippen molar-refractivity contribution in [1.29, 1.82) is 0 Å². The first-order valence-corrected chi connectivity index (χ1v) is 15.5. The maximum atomic E-state index is 13.1. The summed E-state index contributed by atoms with van der Waals surface area (Å²) in [5.41, 5.74) is 7.34. The van der Waals surface area contributed by atoms with E-state index in [0.29, 0.717) is 0 Å². The molecule has 0 aromatic heterocycles. The lowest BCUT2D eigenvalue weighted by Gasteiger charge is -2.38. The molecule has 1 aliphatic carbocycles. The largest absolute Gasteiger partial charge is 0.497 e. The number of benzene rings is 6. The van der Waals surface area contributed by atoms with Gasteiger partial charge in [0.2, 0.25) is 0 Å². The molecule has 1 atom stereocenters. The maximum Gasteiger partial charge on any atom is 0.178 e. The maximum absolute atomic E-state index is 13.1. The molecule has 0 fully saturated rings. The van der Waals surface area contributed by atoms with Crippen LogP contribution in [0.15, 0.2) is 121 Å². The number of ether oxygens (including phenoxy) is 3. The highest BCUT2D eigenvalue weighted by Crippen LogP contribution is 2.59. The Bertz CT molecular complexity index is 2110. The normalized spacial score (nSPS) is 17.2. The molecule has 6 aromatic rings. The number of hydrogen-bond donors (Lipinski definition) is 1. The Morgan fingerprint density at radius 2 is 1.24 bits per heavy atom. The minimum Gasteiger partial charge on any atom is -0.497 e. The fraction of sp³-hybridized carbons (Fsp3) is 0.143. The van der Waals surface area contributed by atoms with Crippen LogP contribution in [0, 0.1) is 13.8 Å². The first-order chi connectivity index (χ1) is 22.4. The molecule has 0 spiro atoms. The van der Waals surface area contributed by atoms with Crippen molar-refractivity contribution in [2.24, 2.45) is 0 Å². The first kappa shape index (κ1) is 28.2. The van der Waals surface area contributed by atoms with Gasteiger partial charge in [0.05, 0.1) is 14.2 Å². The van der Waals surface area contributed by atoms with E-state index in [-0.39, 0.29) is 0 Å². The summed E-state index contributed by atoms with van der Waals surface area (Å²) in [6.07, 6.45) is 4.28.